The van der Waals surface area contributed by atoms with Gasteiger partial charge in [0, 0.05) is 26.2 Å². The van der Waals surface area contributed by atoms with Gasteiger partial charge in [-0.2, -0.15) is 0 Å². The third-order valence-corrected chi connectivity index (χ3v) is 3.59. The van der Waals surface area contributed by atoms with Crippen LogP contribution in [0.3, 0.4) is 0 Å². The first kappa shape index (κ1) is 12.8. The normalized spacial score (nSPS) is 16.6. The predicted octanol–water partition coefficient (Wildman–Crippen LogP) is 2.28. The van der Waals surface area contributed by atoms with E-state index in [9.17, 15) is 4.79 Å². The number of benzene rings is 1. The number of amides is 1. The molecule has 1 aliphatic heterocycles. The van der Waals surface area contributed by atoms with Crippen molar-refractivity contribution in [3.63, 3.8) is 0 Å². The fraction of sp³-hybridized carbons (Fsp3) is 0.312. The lowest BCUT2D eigenvalue weighted by atomic mass is 10.1. The van der Waals surface area contributed by atoms with Crippen molar-refractivity contribution in [2.45, 2.75) is 26.0 Å². The minimum absolute atomic E-state index is 0.0531. The topological polar surface area (TPSA) is 43.3 Å². The molecule has 4 heteroatoms. The monoisotopic (exact) mass is 270 g/mol. The third kappa shape index (κ3) is 2.41. The Hall–Kier alpha value is -2.23. The Kier molecular flexibility index (Phi) is 3.22. The van der Waals surface area contributed by atoms with Crippen molar-refractivity contribution in [1.29, 1.82) is 0 Å². The van der Waals surface area contributed by atoms with Gasteiger partial charge in [-0.15, -0.1) is 0 Å². The van der Waals surface area contributed by atoms with Crippen LogP contribution >= 0.6 is 0 Å². The lowest BCUT2D eigenvalue weighted by Crippen LogP contribution is -2.24. The lowest BCUT2D eigenvalue weighted by molar-refractivity contribution is 0.0943. The minimum Gasteiger partial charge on any atom is -0.490 e. The predicted molar refractivity (Wildman–Crippen MR) is 76.8 cm³/mol. The van der Waals surface area contributed by atoms with E-state index in [1.165, 1.54) is 5.56 Å². The van der Waals surface area contributed by atoms with Crippen LogP contribution in [-0.4, -0.2) is 16.6 Å². The molecular formula is C16H18N2O2. The maximum atomic E-state index is 12.0. The second-order valence-electron chi connectivity index (χ2n) is 5.26. The number of nitrogens with zero attached hydrogens (tertiary/aromatic N) is 1. The van der Waals surface area contributed by atoms with E-state index in [4.69, 9.17) is 4.74 Å². The molecule has 2 aromatic rings. The SMILES string of the molecule is C[C@@H]1Cc2cc(CNC(=O)c3cccn3C)ccc2O1. The van der Waals surface area contributed by atoms with Gasteiger partial charge in [0.25, 0.3) is 5.91 Å². The first-order chi connectivity index (χ1) is 9.63. The Morgan fingerprint density at radius 3 is 3.05 bits per heavy atom. The van der Waals surface area contributed by atoms with Crippen LogP contribution < -0.4 is 10.1 Å². The Labute approximate surface area is 118 Å². The number of carbonyl (C=O) groups is 1. The highest BCUT2D eigenvalue weighted by Crippen LogP contribution is 2.29. The van der Waals surface area contributed by atoms with Crippen molar-refractivity contribution < 1.29 is 9.53 Å². The van der Waals surface area contributed by atoms with Crippen LogP contribution in [0.25, 0.3) is 0 Å². The number of carbonyl (C=O) groups excluding carboxylic acids is 1. The summed E-state index contributed by atoms with van der Waals surface area (Å²) in [6, 6.07) is 9.78. The van der Waals surface area contributed by atoms with Gasteiger partial charge >= 0.3 is 0 Å². The molecule has 0 aliphatic carbocycles. The second kappa shape index (κ2) is 5.04. The van der Waals surface area contributed by atoms with Gasteiger partial charge in [-0.3, -0.25) is 4.79 Å². The molecule has 1 N–H and O–H groups in total. The van der Waals surface area contributed by atoms with Gasteiger partial charge in [0.15, 0.2) is 0 Å². The Morgan fingerprint density at radius 1 is 1.45 bits per heavy atom. The molecule has 0 spiro atoms. The van der Waals surface area contributed by atoms with E-state index < -0.39 is 0 Å². The van der Waals surface area contributed by atoms with Gasteiger partial charge in [-0.1, -0.05) is 12.1 Å². The minimum atomic E-state index is -0.0531. The molecule has 0 fully saturated rings. The molecule has 1 amide bonds. The van der Waals surface area contributed by atoms with Crippen LogP contribution in [0.1, 0.15) is 28.5 Å². The van der Waals surface area contributed by atoms with Crippen LogP contribution in [0.2, 0.25) is 0 Å². The molecule has 0 saturated carbocycles. The molecule has 20 heavy (non-hydrogen) atoms. The summed E-state index contributed by atoms with van der Waals surface area (Å²) in [5.41, 5.74) is 3.00. The summed E-state index contributed by atoms with van der Waals surface area (Å²) < 4.78 is 7.48. The quantitative estimate of drug-likeness (QED) is 0.930. The Morgan fingerprint density at radius 2 is 2.30 bits per heavy atom. The molecule has 104 valence electrons. The summed E-state index contributed by atoms with van der Waals surface area (Å²) in [6.07, 6.45) is 3.05. The number of rotatable bonds is 3. The molecule has 1 aliphatic rings. The van der Waals surface area contributed by atoms with Crippen molar-refractivity contribution in [2.24, 2.45) is 7.05 Å². The molecule has 4 nitrogen and oxygen atoms in total. The van der Waals surface area contributed by atoms with Gasteiger partial charge in [0.05, 0.1) is 0 Å². The van der Waals surface area contributed by atoms with Crippen LogP contribution in [0.5, 0.6) is 5.75 Å². The number of ether oxygens (including phenoxy) is 1. The maximum Gasteiger partial charge on any atom is 0.268 e. The first-order valence-electron chi connectivity index (χ1n) is 6.81. The van der Waals surface area contributed by atoms with E-state index in [0.717, 1.165) is 17.7 Å². The van der Waals surface area contributed by atoms with Gasteiger partial charge in [-0.25, -0.2) is 0 Å². The molecule has 0 saturated heterocycles. The van der Waals surface area contributed by atoms with E-state index in [2.05, 4.69) is 18.3 Å². The molecule has 1 aromatic heterocycles. The standard InChI is InChI=1S/C16H18N2O2/c1-11-8-13-9-12(5-6-15(13)20-11)10-17-16(19)14-4-3-7-18(14)2/h3-7,9,11H,8,10H2,1-2H3,(H,17,19)/t11-/m1/s1. The molecule has 0 radical (unpaired) electrons. The van der Waals surface area contributed by atoms with E-state index in [1.807, 2.05) is 42.1 Å². The zero-order chi connectivity index (χ0) is 14.1. The summed E-state index contributed by atoms with van der Waals surface area (Å²) in [4.78, 5) is 12.0. The van der Waals surface area contributed by atoms with Gasteiger partial charge in [0.2, 0.25) is 0 Å². The van der Waals surface area contributed by atoms with Gasteiger partial charge in [-0.05, 0) is 36.2 Å². The number of nitrogens with one attached hydrogen (secondary N) is 1. The summed E-state index contributed by atoms with van der Waals surface area (Å²) in [6.45, 7) is 2.60. The highest BCUT2D eigenvalue weighted by atomic mass is 16.5. The molecule has 0 unspecified atom stereocenters. The van der Waals surface area contributed by atoms with E-state index >= 15 is 0 Å². The summed E-state index contributed by atoms with van der Waals surface area (Å²) in [5.74, 6) is 0.914. The summed E-state index contributed by atoms with van der Waals surface area (Å²) in [7, 11) is 1.86. The average Bonchev–Trinajstić information content (AvgIpc) is 3.00. The number of hydrogen-bond acceptors (Lipinski definition) is 2. The highest BCUT2D eigenvalue weighted by molar-refractivity contribution is 5.92. The molecule has 3 rings (SSSR count). The average molecular weight is 270 g/mol. The smallest absolute Gasteiger partial charge is 0.268 e. The molecular weight excluding hydrogens is 252 g/mol. The van der Waals surface area contributed by atoms with Crippen LogP contribution in [0.15, 0.2) is 36.5 Å². The highest BCUT2D eigenvalue weighted by Gasteiger charge is 2.19. The zero-order valence-electron chi connectivity index (χ0n) is 11.7. The van der Waals surface area contributed by atoms with Crippen molar-refractivity contribution in [3.05, 3.63) is 53.3 Å². The fourth-order valence-corrected chi connectivity index (χ4v) is 2.56. The number of aromatic nitrogens is 1. The number of hydrogen-bond donors (Lipinski definition) is 1. The van der Waals surface area contributed by atoms with E-state index in [-0.39, 0.29) is 12.0 Å². The fourth-order valence-electron chi connectivity index (χ4n) is 2.56. The first-order valence-corrected chi connectivity index (χ1v) is 6.81. The molecule has 0 bridgehead atoms. The van der Waals surface area contributed by atoms with E-state index in [1.54, 1.807) is 0 Å². The van der Waals surface area contributed by atoms with Crippen LogP contribution in [0, 0.1) is 0 Å². The Bertz CT molecular complexity index is 646. The summed E-state index contributed by atoms with van der Waals surface area (Å²) in [5, 5.41) is 2.94. The largest absolute Gasteiger partial charge is 0.490 e. The zero-order valence-corrected chi connectivity index (χ0v) is 11.7. The van der Waals surface area contributed by atoms with E-state index in [0.29, 0.717) is 12.2 Å². The second-order valence-corrected chi connectivity index (χ2v) is 5.26. The van der Waals surface area contributed by atoms with Crippen molar-refractivity contribution in [3.8, 4) is 5.75 Å². The lowest BCUT2D eigenvalue weighted by Gasteiger charge is -2.07. The van der Waals surface area contributed by atoms with Crippen LogP contribution in [-0.2, 0) is 20.0 Å². The summed E-state index contributed by atoms with van der Waals surface area (Å²) >= 11 is 0. The van der Waals surface area contributed by atoms with Crippen LogP contribution in [0.4, 0.5) is 0 Å². The number of fused-ring (bicyclic) bond motifs is 1. The third-order valence-electron chi connectivity index (χ3n) is 3.59. The Balaban J connectivity index is 1.66. The molecule has 2 heterocycles. The number of aryl methyl sites for hydroxylation is 1. The van der Waals surface area contributed by atoms with Gasteiger partial charge < -0.3 is 14.6 Å². The molecule has 1 atom stereocenters. The maximum absolute atomic E-state index is 12.0. The van der Waals surface area contributed by atoms with Crippen molar-refractivity contribution in [1.82, 2.24) is 9.88 Å². The van der Waals surface area contributed by atoms with Gasteiger partial charge in [0.1, 0.15) is 17.5 Å². The van der Waals surface area contributed by atoms with Crippen molar-refractivity contribution >= 4 is 5.91 Å². The molecule has 1 aromatic carbocycles. The van der Waals surface area contributed by atoms with Crippen molar-refractivity contribution in [2.75, 3.05) is 0 Å².